The Morgan fingerprint density at radius 3 is 2.32 bits per heavy atom. The number of fused-ring (bicyclic) bond motifs is 1. The second-order valence-electron chi connectivity index (χ2n) is 7.09. The Kier molecular flexibility index (Phi) is 5.79. The zero-order valence-electron chi connectivity index (χ0n) is 17.6. The van der Waals surface area contributed by atoms with Crippen molar-refractivity contribution in [2.45, 2.75) is 19.4 Å². The molecule has 1 atom stereocenters. The van der Waals surface area contributed by atoms with Crippen molar-refractivity contribution >= 4 is 11.6 Å². The molecule has 0 bridgehead atoms. The summed E-state index contributed by atoms with van der Waals surface area (Å²) >= 11 is 0. The molecule has 0 aliphatic heterocycles. The van der Waals surface area contributed by atoms with Crippen molar-refractivity contribution in [3.63, 3.8) is 0 Å². The molecule has 2 aromatic heterocycles. The number of carbonyl (C=O) groups excluding carboxylic acids is 1. The number of nitrogens with zero attached hydrogens (tertiary/aromatic N) is 4. The molecular weight excluding hydrogens is 394 g/mol. The molecular formula is C23H23N5O3. The first-order valence-electron chi connectivity index (χ1n) is 9.85. The van der Waals surface area contributed by atoms with E-state index in [0.717, 1.165) is 28.3 Å². The fourth-order valence-electron chi connectivity index (χ4n) is 3.20. The van der Waals surface area contributed by atoms with E-state index in [1.165, 1.54) is 0 Å². The summed E-state index contributed by atoms with van der Waals surface area (Å²) in [6.45, 7) is 1.86. The van der Waals surface area contributed by atoms with Crippen LogP contribution in [0.1, 0.15) is 24.4 Å². The lowest BCUT2D eigenvalue weighted by Gasteiger charge is -2.10. The monoisotopic (exact) mass is 417 g/mol. The Morgan fingerprint density at radius 2 is 1.68 bits per heavy atom. The molecule has 1 amide bonds. The van der Waals surface area contributed by atoms with E-state index < -0.39 is 0 Å². The third kappa shape index (κ3) is 4.63. The summed E-state index contributed by atoms with van der Waals surface area (Å²) in [5, 5.41) is 7.40. The molecule has 0 aliphatic carbocycles. The molecule has 4 aromatic rings. The van der Waals surface area contributed by atoms with Gasteiger partial charge in [-0.3, -0.25) is 4.79 Å². The van der Waals surface area contributed by atoms with Gasteiger partial charge in [-0.05, 0) is 48.9 Å². The molecule has 0 aliphatic rings. The lowest BCUT2D eigenvalue weighted by atomic mass is 10.1. The summed E-state index contributed by atoms with van der Waals surface area (Å²) in [6.07, 6.45) is 1.89. The van der Waals surface area contributed by atoms with E-state index in [0.29, 0.717) is 11.5 Å². The van der Waals surface area contributed by atoms with E-state index in [-0.39, 0.29) is 18.4 Å². The molecule has 1 N–H and O–H groups in total. The molecule has 0 fully saturated rings. The molecule has 0 saturated carbocycles. The van der Waals surface area contributed by atoms with Crippen LogP contribution in [0.25, 0.3) is 16.9 Å². The molecule has 0 unspecified atom stereocenters. The minimum atomic E-state index is -0.338. The Balaban J connectivity index is 1.46. The highest BCUT2D eigenvalue weighted by Crippen LogP contribution is 2.21. The summed E-state index contributed by atoms with van der Waals surface area (Å²) in [4.78, 5) is 21.5. The van der Waals surface area contributed by atoms with Gasteiger partial charge < -0.3 is 14.8 Å². The fraction of sp³-hybridized carbons (Fsp3) is 0.217. The minimum Gasteiger partial charge on any atom is -0.497 e. The SMILES string of the molecule is COc1ccc(CC(=O)N[C@H](C)c2nc3cc(-c4ccc(OC)cc4)ncn3n2)cc1. The molecule has 0 spiro atoms. The van der Waals surface area contributed by atoms with Gasteiger partial charge in [0.2, 0.25) is 5.91 Å². The number of amides is 1. The number of benzene rings is 2. The van der Waals surface area contributed by atoms with Gasteiger partial charge in [0.05, 0.1) is 32.4 Å². The first-order valence-corrected chi connectivity index (χ1v) is 9.85. The van der Waals surface area contributed by atoms with Crippen LogP contribution >= 0.6 is 0 Å². The van der Waals surface area contributed by atoms with Gasteiger partial charge >= 0.3 is 0 Å². The normalized spacial score (nSPS) is 11.8. The zero-order chi connectivity index (χ0) is 21.8. The first kappa shape index (κ1) is 20.3. The topological polar surface area (TPSA) is 90.6 Å². The van der Waals surface area contributed by atoms with Crippen LogP contribution in [0.2, 0.25) is 0 Å². The molecule has 8 nitrogen and oxygen atoms in total. The number of hydrogen-bond acceptors (Lipinski definition) is 6. The fourth-order valence-corrected chi connectivity index (χ4v) is 3.20. The number of rotatable bonds is 7. The third-order valence-corrected chi connectivity index (χ3v) is 4.92. The van der Waals surface area contributed by atoms with Gasteiger partial charge in [0, 0.05) is 11.6 Å². The second-order valence-corrected chi connectivity index (χ2v) is 7.09. The maximum atomic E-state index is 12.4. The first-order chi connectivity index (χ1) is 15.1. The van der Waals surface area contributed by atoms with Gasteiger partial charge in [0.15, 0.2) is 11.5 Å². The average Bonchev–Trinajstić information content (AvgIpc) is 3.23. The van der Waals surface area contributed by atoms with E-state index in [4.69, 9.17) is 9.47 Å². The number of hydrogen-bond donors (Lipinski definition) is 1. The van der Waals surface area contributed by atoms with Crippen LogP contribution in [0.5, 0.6) is 11.5 Å². The minimum absolute atomic E-state index is 0.103. The maximum absolute atomic E-state index is 12.4. The Labute approximate surface area is 179 Å². The molecule has 2 heterocycles. The van der Waals surface area contributed by atoms with Crippen LogP contribution < -0.4 is 14.8 Å². The summed E-state index contributed by atoms with van der Waals surface area (Å²) in [7, 11) is 3.24. The summed E-state index contributed by atoms with van der Waals surface area (Å²) in [5.74, 6) is 1.97. The van der Waals surface area contributed by atoms with Crippen LogP contribution in [0.3, 0.4) is 0 Å². The van der Waals surface area contributed by atoms with Crippen LogP contribution in [0.4, 0.5) is 0 Å². The number of methoxy groups -OCH3 is 2. The average molecular weight is 417 g/mol. The Hall–Kier alpha value is -3.94. The highest BCUT2D eigenvalue weighted by Gasteiger charge is 2.16. The van der Waals surface area contributed by atoms with Gasteiger partial charge in [0.25, 0.3) is 0 Å². The number of ether oxygens (including phenoxy) is 2. The van der Waals surface area contributed by atoms with Crippen LogP contribution in [0, 0.1) is 0 Å². The largest absolute Gasteiger partial charge is 0.497 e. The van der Waals surface area contributed by atoms with Crippen molar-refractivity contribution in [2.75, 3.05) is 14.2 Å². The highest BCUT2D eigenvalue weighted by molar-refractivity contribution is 5.79. The van der Waals surface area contributed by atoms with E-state index in [1.807, 2.05) is 61.5 Å². The number of nitrogens with one attached hydrogen (secondary N) is 1. The molecule has 0 radical (unpaired) electrons. The predicted molar refractivity (Wildman–Crippen MR) is 116 cm³/mol. The molecule has 158 valence electrons. The molecule has 4 rings (SSSR count). The van der Waals surface area contributed by atoms with Gasteiger partial charge in [-0.25, -0.2) is 14.5 Å². The zero-order valence-corrected chi connectivity index (χ0v) is 17.6. The predicted octanol–water partition coefficient (Wildman–Crippen LogP) is 3.23. The van der Waals surface area contributed by atoms with Crippen LogP contribution in [0.15, 0.2) is 60.9 Å². The summed E-state index contributed by atoms with van der Waals surface area (Å²) in [6, 6.07) is 16.6. The van der Waals surface area contributed by atoms with E-state index >= 15 is 0 Å². The van der Waals surface area contributed by atoms with Crippen LogP contribution in [-0.2, 0) is 11.2 Å². The summed E-state index contributed by atoms with van der Waals surface area (Å²) < 4.78 is 11.9. The highest BCUT2D eigenvalue weighted by atomic mass is 16.5. The number of aromatic nitrogens is 4. The van der Waals surface area contributed by atoms with E-state index in [1.54, 1.807) is 25.1 Å². The molecule has 2 aromatic carbocycles. The lowest BCUT2D eigenvalue weighted by molar-refractivity contribution is -0.121. The van der Waals surface area contributed by atoms with Crippen molar-refractivity contribution in [1.82, 2.24) is 24.9 Å². The maximum Gasteiger partial charge on any atom is 0.224 e. The lowest BCUT2D eigenvalue weighted by Crippen LogP contribution is -2.28. The van der Waals surface area contributed by atoms with E-state index in [9.17, 15) is 4.79 Å². The third-order valence-electron chi connectivity index (χ3n) is 4.92. The smallest absolute Gasteiger partial charge is 0.224 e. The van der Waals surface area contributed by atoms with Crippen LogP contribution in [-0.4, -0.2) is 39.7 Å². The van der Waals surface area contributed by atoms with Crippen molar-refractivity contribution in [3.05, 3.63) is 72.3 Å². The van der Waals surface area contributed by atoms with Crippen molar-refractivity contribution in [3.8, 4) is 22.8 Å². The van der Waals surface area contributed by atoms with Gasteiger partial charge in [-0.15, -0.1) is 5.10 Å². The van der Waals surface area contributed by atoms with Gasteiger partial charge in [0.1, 0.15) is 17.8 Å². The quantitative estimate of drug-likeness (QED) is 0.497. The van der Waals surface area contributed by atoms with Crippen molar-refractivity contribution in [1.29, 1.82) is 0 Å². The van der Waals surface area contributed by atoms with Gasteiger partial charge in [-0.1, -0.05) is 12.1 Å². The molecule has 8 heteroatoms. The van der Waals surface area contributed by atoms with Crippen molar-refractivity contribution in [2.24, 2.45) is 0 Å². The molecule has 0 saturated heterocycles. The summed E-state index contributed by atoms with van der Waals surface area (Å²) in [5.41, 5.74) is 3.30. The van der Waals surface area contributed by atoms with E-state index in [2.05, 4.69) is 20.4 Å². The molecule has 31 heavy (non-hydrogen) atoms. The Bertz CT molecular complexity index is 1190. The van der Waals surface area contributed by atoms with Crippen molar-refractivity contribution < 1.29 is 14.3 Å². The Morgan fingerprint density at radius 1 is 1.03 bits per heavy atom. The van der Waals surface area contributed by atoms with Gasteiger partial charge in [-0.2, -0.15) is 0 Å². The number of carbonyl (C=O) groups is 1. The second kappa shape index (κ2) is 8.83. The standard InChI is InChI=1S/C23H23N5O3/c1-15(25-22(29)12-16-4-8-18(30-2)9-5-16)23-26-21-13-20(24-14-28(21)27-23)17-6-10-19(31-3)11-7-17/h4-11,13-15H,12H2,1-3H3,(H,25,29)/t15-/m1/s1.